The van der Waals surface area contributed by atoms with Crippen LogP contribution in [0, 0.1) is 5.92 Å². The Labute approximate surface area is 182 Å². The molecule has 1 saturated heterocycles. The first kappa shape index (κ1) is 22.6. The molecule has 0 aromatic heterocycles. The number of benzene rings is 2. The number of hydrogen-bond acceptors (Lipinski definition) is 3. The van der Waals surface area contributed by atoms with Crippen molar-refractivity contribution in [2.75, 3.05) is 39.3 Å². The van der Waals surface area contributed by atoms with Gasteiger partial charge in [0.15, 0.2) is 0 Å². The first-order valence-corrected chi connectivity index (χ1v) is 11.2. The normalized spacial score (nSPS) is 19.3. The molecule has 0 spiro atoms. The fourth-order valence-corrected chi connectivity index (χ4v) is 4.64. The van der Waals surface area contributed by atoms with Gasteiger partial charge in [0.25, 0.3) is 0 Å². The van der Waals surface area contributed by atoms with Crippen LogP contribution in [0.3, 0.4) is 0 Å². The van der Waals surface area contributed by atoms with Crippen molar-refractivity contribution >= 4 is 5.69 Å². The van der Waals surface area contributed by atoms with E-state index in [9.17, 15) is 0 Å². The summed E-state index contributed by atoms with van der Waals surface area (Å²) in [4.78, 5) is 2.14. The lowest BCUT2D eigenvalue weighted by molar-refractivity contribution is -0.671. The highest BCUT2D eigenvalue weighted by molar-refractivity contribution is 5.45. The molecule has 0 amide bonds. The first-order chi connectivity index (χ1) is 14.4. The van der Waals surface area contributed by atoms with E-state index in [1.165, 1.54) is 23.2 Å². The Bertz CT molecular complexity index is 769. The van der Waals surface area contributed by atoms with Gasteiger partial charge in [-0.05, 0) is 68.4 Å². The Morgan fingerprint density at radius 1 is 1.10 bits per heavy atom. The number of methoxy groups -OCH3 is 1. The summed E-state index contributed by atoms with van der Waals surface area (Å²) < 4.78 is 11.4. The Kier molecular flexibility index (Phi) is 7.79. The average molecular weight is 412 g/mol. The van der Waals surface area contributed by atoms with E-state index < -0.39 is 0 Å². The number of ether oxygens (including phenoxy) is 2. The zero-order valence-corrected chi connectivity index (χ0v) is 19.4. The molecule has 0 saturated carbocycles. The number of nitrogens with zero attached hydrogens (tertiary/aromatic N) is 1. The van der Waals surface area contributed by atoms with Crippen LogP contribution >= 0.6 is 0 Å². The van der Waals surface area contributed by atoms with E-state index in [0.29, 0.717) is 11.8 Å². The third-order valence-electron chi connectivity index (χ3n) is 6.36. The molecule has 0 unspecified atom stereocenters. The van der Waals surface area contributed by atoms with Crippen LogP contribution < -0.4 is 15.0 Å². The summed E-state index contributed by atoms with van der Waals surface area (Å²) >= 11 is 0. The molecule has 0 radical (unpaired) electrons. The Morgan fingerprint density at radius 3 is 2.40 bits per heavy atom. The van der Waals surface area contributed by atoms with Gasteiger partial charge in [-0.3, -0.25) is 0 Å². The predicted molar refractivity (Wildman–Crippen MR) is 124 cm³/mol. The second kappa shape index (κ2) is 10.3. The van der Waals surface area contributed by atoms with Crippen molar-refractivity contribution in [1.82, 2.24) is 0 Å². The maximum atomic E-state index is 6.00. The van der Waals surface area contributed by atoms with Crippen LogP contribution in [-0.2, 0) is 11.3 Å². The van der Waals surface area contributed by atoms with Crippen molar-refractivity contribution in [3.8, 4) is 5.75 Å². The van der Waals surface area contributed by atoms with Gasteiger partial charge in [-0.25, -0.2) is 0 Å². The topological polar surface area (TPSA) is 38.3 Å². The van der Waals surface area contributed by atoms with Crippen molar-refractivity contribution < 1.29 is 14.8 Å². The molecule has 2 N–H and O–H groups in total. The Morgan fingerprint density at radius 2 is 1.80 bits per heavy atom. The number of quaternary nitrogens is 1. The van der Waals surface area contributed by atoms with Crippen LogP contribution in [0.1, 0.15) is 50.2 Å². The molecule has 2 aromatic carbocycles. The van der Waals surface area contributed by atoms with Gasteiger partial charge in [-0.2, -0.15) is 0 Å². The number of nitrogens with two attached hydrogens (primary N) is 1. The monoisotopic (exact) mass is 411 g/mol. The lowest BCUT2D eigenvalue weighted by Crippen LogP contribution is -2.82. The van der Waals surface area contributed by atoms with E-state index in [1.807, 2.05) is 0 Å². The zero-order chi connectivity index (χ0) is 21.6. The minimum atomic E-state index is -0.0223. The van der Waals surface area contributed by atoms with Gasteiger partial charge in [0, 0.05) is 38.4 Å². The summed E-state index contributed by atoms with van der Waals surface area (Å²) in [6.45, 7) is 7.49. The summed E-state index contributed by atoms with van der Waals surface area (Å²) in [6, 6.07) is 17.6. The van der Waals surface area contributed by atoms with Gasteiger partial charge >= 0.3 is 0 Å². The minimum absolute atomic E-state index is 0.0223. The fraction of sp³-hybridized carbons (Fsp3) is 0.538. The molecule has 4 heteroatoms. The molecule has 164 valence electrons. The van der Waals surface area contributed by atoms with Crippen molar-refractivity contribution in [1.29, 1.82) is 0 Å². The van der Waals surface area contributed by atoms with Gasteiger partial charge in [0.1, 0.15) is 12.3 Å². The molecule has 1 fully saturated rings. The maximum absolute atomic E-state index is 6.00. The summed E-state index contributed by atoms with van der Waals surface area (Å²) in [7, 11) is 5.89. The van der Waals surface area contributed by atoms with E-state index in [1.54, 1.807) is 7.11 Å². The standard InChI is InChI=1S/C26H38N2O2/c1-26(2)18-22(15-17-30-26)25(21-8-12-24(29-5)13-9-21)14-16-27-19-20-6-10-23(11-7-20)28(3)4/h6-13,22,25,27H,14-19H2,1-5H3/p+1/t22-,25+/m1/s1. The molecule has 0 bridgehead atoms. The minimum Gasteiger partial charge on any atom is -0.497 e. The van der Waals surface area contributed by atoms with Gasteiger partial charge in [0.2, 0.25) is 0 Å². The van der Waals surface area contributed by atoms with Gasteiger partial charge in [0.05, 0.1) is 19.3 Å². The van der Waals surface area contributed by atoms with E-state index >= 15 is 0 Å². The SMILES string of the molecule is COc1ccc([C@H](CC[NH2+]Cc2ccc(N(C)C)cc2)[C@@H]2CCOC(C)(C)C2)cc1. The fourth-order valence-electron chi connectivity index (χ4n) is 4.64. The molecule has 1 aliphatic rings. The summed E-state index contributed by atoms with van der Waals surface area (Å²) in [5.41, 5.74) is 4.04. The number of hydrogen-bond donors (Lipinski definition) is 1. The van der Waals surface area contributed by atoms with E-state index in [0.717, 1.165) is 38.3 Å². The van der Waals surface area contributed by atoms with E-state index in [2.05, 4.69) is 86.7 Å². The van der Waals surface area contributed by atoms with Crippen LogP contribution in [0.5, 0.6) is 5.75 Å². The average Bonchev–Trinajstić information content (AvgIpc) is 2.73. The van der Waals surface area contributed by atoms with Crippen molar-refractivity contribution in [3.63, 3.8) is 0 Å². The highest BCUT2D eigenvalue weighted by Crippen LogP contribution is 2.40. The Hall–Kier alpha value is -2.04. The summed E-state index contributed by atoms with van der Waals surface area (Å²) in [5, 5.41) is 2.45. The molecule has 1 heterocycles. The largest absolute Gasteiger partial charge is 0.497 e. The third kappa shape index (κ3) is 6.23. The van der Waals surface area contributed by atoms with E-state index in [-0.39, 0.29) is 5.60 Å². The first-order valence-electron chi connectivity index (χ1n) is 11.2. The predicted octanol–water partition coefficient (Wildman–Crippen LogP) is 4.20. The lowest BCUT2D eigenvalue weighted by atomic mass is 9.75. The molecule has 4 nitrogen and oxygen atoms in total. The molecule has 30 heavy (non-hydrogen) atoms. The molecule has 2 aromatic rings. The lowest BCUT2D eigenvalue weighted by Gasteiger charge is -2.39. The van der Waals surface area contributed by atoms with Crippen molar-refractivity contribution in [2.24, 2.45) is 5.92 Å². The van der Waals surface area contributed by atoms with Gasteiger partial charge < -0.3 is 19.7 Å². The zero-order valence-electron chi connectivity index (χ0n) is 19.4. The van der Waals surface area contributed by atoms with Crippen molar-refractivity contribution in [2.45, 2.75) is 51.2 Å². The Balaban J connectivity index is 1.61. The molecule has 3 rings (SSSR count). The van der Waals surface area contributed by atoms with Gasteiger partial charge in [-0.15, -0.1) is 0 Å². The smallest absolute Gasteiger partial charge is 0.118 e. The van der Waals surface area contributed by atoms with Crippen LogP contribution in [0.15, 0.2) is 48.5 Å². The van der Waals surface area contributed by atoms with E-state index in [4.69, 9.17) is 9.47 Å². The van der Waals surface area contributed by atoms with Crippen LogP contribution in [0.4, 0.5) is 5.69 Å². The molecule has 0 aliphatic carbocycles. The van der Waals surface area contributed by atoms with Crippen LogP contribution in [0.25, 0.3) is 0 Å². The van der Waals surface area contributed by atoms with Crippen LogP contribution in [-0.4, -0.2) is 40.0 Å². The maximum Gasteiger partial charge on any atom is 0.118 e. The molecular weight excluding hydrogens is 372 g/mol. The second-order valence-corrected chi connectivity index (χ2v) is 9.37. The van der Waals surface area contributed by atoms with Crippen molar-refractivity contribution in [3.05, 3.63) is 59.7 Å². The molecule has 1 aliphatic heterocycles. The third-order valence-corrected chi connectivity index (χ3v) is 6.36. The number of rotatable bonds is 9. The quantitative estimate of drug-likeness (QED) is 0.629. The van der Waals surface area contributed by atoms with Gasteiger partial charge in [-0.1, -0.05) is 24.3 Å². The molecular formula is C26H39N2O2+. The summed E-state index contributed by atoms with van der Waals surface area (Å²) in [5.74, 6) is 2.15. The van der Waals surface area contributed by atoms with Crippen LogP contribution in [0.2, 0.25) is 0 Å². The summed E-state index contributed by atoms with van der Waals surface area (Å²) in [6.07, 6.45) is 3.45. The second-order valence-electron chi connectivity index (χ2n) is 9.37. The highest BCUT2D eigenvalue weighted by atomic mass is 16.5. The molecule has 2 atom stereocenters. The number of anilines is 1. The highest BCUT2D eigenvalue weighted by Gasteiger charge is 2.34.